The number of carbonyl (C=O) groups is 1. The Morgan fingerprint density at radius 1 is 1.15 bits per heavy atom. The zero-order valence-electron chi connectivity index (χ0n) is 10.7. The minimum atomic E-state index is -0.438. The number of halogens is 2. The topological polar surface area (TPSA) is 26.3 Å². The Bertz CT molecular complexity index is 682. The fourth-order valence-corrected chi connectivity index (χ4v) is 2.52. The molecule has 0 atom stereocenters. The Morgan fingerprint density at radius 2 is 2.00 bits per heavy atom. The monoisotopic (exact) mass is 290 g/mol. The Labute approximate surface area is 121 Å². The Kier molecular flexibility index (Phi) is 3.45. The van der Waals surface area contributed by atoms with Gasteiger partial charge in [0.15, 0.2) is 5.78 Å². The molecule has 0 bridgehead atoms. The number of Topliss-reactive ketones (excluding diaryl/α,β-unsaturated/α-hetero) is 1. The van der Waals surface area contributed by atoms with Crippen LogP contribution < -0.4 is 4.74 Å². The molecule has 2 aromatic rings. The van der Waals surface area contributed by atoms with Crippen LogP contribution in [0.1, 0.15) is 27.9 Å². The van der Waals surface area contributed by atoms with Gasteiger partial charge in [-0.3, -0.25) is 4.79 Å². The Morgan fingerprint density at radius 3 is 2.80 bits per heavy atom. The maximum absolute atomic E-state index is 13.0. The van der Waals surface area contributed by atoms with Crippen LogP contribution in [0.15, 0.2) is 36.4 Å². The number of rotatable bonds is 3. The van der Waals surface area contributed by atoms with Gasteiger partial charge in [0.2, 0.25) is 0 Å². The van der Waals surface area contributed by atoms with E-state index in [1.54, 1.807) is 24.3 Å². The fraction of sp³-hybridized carbons (Fsp3) is 0.188. The van der Waals surface area contributed by atoms with Crippen LogP contribution in [-0.4, -0.2) is 5.78 Å². The minimum Gasteiger partial charge on any atom is -0.489 e. The van der Waals surface area contributed by atoms with Crippen LogP contribution in [0.5, 0.6) is 5.75 Å². The SMILES string of the molecule is O=C1CCc2cc(OCc3ccc(F)c(Cl)c3)ccc21. The van der Waals surface area contributed by atoms with E-state index in [0.29, 0.717) is 18.8 Å². The summed E-state index contributed by atoms with van der Waals surface area (Å²) in [7, 11) is 0. The van der Waals surface area contributed by atoms with Crippen LogP contribution in [0.25, 0.3) is 0 Å². The second-order valence-corrected chi connectivity index (χ2v) is 5.19. The van der Waals surface area contributed by atoms with E-state index in [1.165, 1.54) is 6.07 Å². The van der Waals surface area contributed by atoms with Crippen LogP contribution in [0.2, 0.25) is 5.02 Å². The standard InChI is InChI=1S/C16H12ClFO2/c17-14-7-10(1-5-15(14)18)9-20-12-3-4-13-11(8-12)2-6-16(13)19/h1,3-5,7-8H,2,6,9H2. The highest BCUT2D eigenvalue weighted by Crippen LogP contribution is 2.26. The van der Waals surface area contributed by atoms with Gasteiger partial charge in [-0.1, -0.05) is 17.7 Å². The molecule has 0 fully saturated rings. The van der Waals surface area contributed by atoms with Gasteiger partial charge >= 0.3 is 0 Å². The van der Waals surface area contributed by atoms with Crippen LogP contribution in [0.4, 0.5) is 4.39 Å². The van der Waals surface area contributed by atoms with Crippen LogP contribution >= 0.6 is 11.6 Å². The quantitative estimate of drug-likeness (QED) is 0.847. The highest BCUT2D eigenvalue weighted by molar-refractivity contribution is 6.30. The zero-order valence-corrected chi connectivity index (χ0v) is 11.4. The molecule has 0 radical (unpaired) electrons. The number of ether oxygens (including phenoxy) is 1. The van der Waals surface area contributed by atoms with Gasteiger partial charge in [0.1, 0.15) is 18.2 Å². The summed E-state index contributed by atoms with van der Waals surface area (Å²) in [5.74, 6) is 0.460. The molecule has 0 saturated carbocycles. The normalized spacial score (nSPS) is 13.4. The van der Waals surface area contributed by atoms with E-state index in [-0.39, 0.29) is 10.8 Å². The van der Waals surface area contributed by atoms with Gasteiger partial charge in [-0.25, -0.2) is 4.39 Å². The molecule has 102 valence electrons. The van der Waals surface area contributed by atoms with Gasteiger partial charge in [0.25, 0.3) is 0 Å². The van der Waals surface area contributed by atoms with Crippen molar-refractivity contribution in [3.05, 3.63) is 63.9 Å². The number of carbonyl (C=O) groups excluding carboxylic acids is 1. The molecule has 0 spiro atoms. The van der Waals surface area contributed by atoms with Gasteiger partial charge < -0.3 is 4.74 Å². The van der Waals surface area contributed by atoms with Gasteiger partial charge in [0.05, 0.1) is 5.02 Å². The van der Waals surface area contributed by atoms with Crippen molar-refractivity contribution in [2.45, 2.75) is 19.4 Å². The molecule has 0 aromatic heterocycles. The fourth-order valence-electron chi connectivity index (χ4n) is 2.32. The molecule has 1 aliphatic rings. The molecule has 2 aromatic carbocycles. The molecule has 1 aliphatic carbocycles. The number of aryl methyl sites for hydroxylation is 1. The molecule has 2 nitrogen and oxygen atoms in total. The van der Waals surface area contributed by atoms with Crippen molar-refractivity contribution in [3.63, 3.8) is 0 Å². The second kappa shape index (κ2) is 5.25. The average Bonchev–Trinajstić information content (AvgIpc) is 2.81. The van der Waals surface area contributed by atoms with Crippen molar-refractivity contribution < 1.29 is 13.9 Å². The minimum absolute atomic E-state index is 0.0886. The molecular formula is C16H12ClFO2. The van der Waals surface area contributed by atoms with E-state index in [2.05, 4.69) is 0 Å². The lowest BCUT2D eigenvalue weighted by molar-refractivity contribution is 0.0994. The van der Waals surface area contributed by atoms with Gasteiger partial charge in [-0.2, -0.15) is 0 Å². The third kappa shape index (κ3) is 2.54. The summed E-state index contributed by atoms with van der Waals surface area (Å²) in [5, 5.41) is 0.0886. The number of hydrogen-bond acceptors (Lipinski definition) is 2. The molecule has 4 heteroatoms. The van der Waals surface area contributed by atoms with Crippen LogP contribution in [0.3, 0.4) is 0 Å². The molecule has 3 rings (SSSR count). The van der Waals surface area contributed by atoms with Crippen molar-refractivity contribution in [3.8, 4) is 5.75 Å². The van der Waals surface area contributed by atoms with E-state index in [1.807, 2.05) is 6.07 Å². The number of ketones is 1. The van der Waals surface area contributed by atoms with E-state index in [4.69, 9.17) is 16.3 Å². The highest BCUT2D eigenvalue weighted by Gasteiger charge is 2.19. The molecule has 0 amide bonds. The van der Waals surface area contributed by atoms with Crippen LogP contribution in [-0.2, 0) is 13.0 Å². The summed E-state index contributed by atoms with van der Waals surface area (Å²) in [6.07, 6.45) is 1.35. The van der Waals surface area contributed by atoms with Crippen molar-refractivity contribution in [2.75, 3.05) is 0 Å². The van der Waals surface area contributed by atoms with E-state index < -0.39 is 5.82 Å². The van der Waals surface area contributed by atoms with E-state index >= 15 is 0 Å². The van der Waals surface area contributed by atoms with E-state index in [9.17, 15) is 9.18 Å². The number of benzene rings is 2. The third-order valence-electron chi connectivity index (χ3n) is 3.39. The molecule has 0 heterocycles. The van der Waals surface area contributed by atoms with Crippen molar-refractivity contribution in [1.82, 2.24) is 0 Å². The number of fused-ring (bicyclic) bond motifs is 1. The molecule has 0 unspecified atom stereocenters. The lowest BCUT2D eigenvalue weighted by Crippen LogP contribution is -1.97. The van der Waals surface area contributed by atoms with E-state index in [0.717, 1.165) is 23.1 Å². The predicted octanol–water partition coefficient (Wildman–Crippen LogP) is 4.19. The maximum Gasteiger partial charge on any atom is 0.163 e. The first-order chi connectivity index (χ1) is 9.63. The van der Waals surface area contributed by atoms with Crippen molar-refractivity contribution in [1.29, 1.82) is 0 Å². The summed E-state index contributed by atoms with van der Waals surface area (Å²) in [5.41, 5.74) is 2.62. The first-order valence-corrected chi connectivity index (χ1v) is 6.74. The molecular weight excluding hydrogens is 279 g/mol. The lowest BCUT2D eigenvalue weighted by atomic mass is 10.1. The Balaban J connectivity index is 1.72. The summed E-state index contributed by atoms with van der Waals surface area (Å²) >= 11 is 5.72. The third-order valence-corrected chi connectivity index (χ3v) is 3.68. The first-order valence-electron chi connectivity index (χ1n) is 6.36. The summed E-state index contributed by atoms with van der Waals surface area (Å²) < 4.78 is 18.7. The summed E-state index contributed by atoms with van der Waals surface area (Å²) in [6.45, 7) is 0.312. The molecule has 0 aliphatic heterocycles. The number of hydrogen-bond donors (Lipinski definition) is 0. The van der Waals surface area contributed by atoms with Gasteiger partial charge in [-0.05, 0) is 47.9 Å². The lowest BCUT2D eigenvalue weighted by Gasteiger charge is -2.08. The van der Waals surface area contributed by atoms with Crippen molar-refractivity contribution >= 4 is 17.4 Å². The predicted molar refractivity (Wildman–Crippen MR) is 74.8 cm³/mol. The first kappa shape index (κ1) is 13.1. The second-order valence-electron chi connectivity index (χ2n) is 4.78. The summed E-state index contributed by atoms with van der Waals surface area (Å²) in [4.78, 5) is 11.5. The molecule has 0 saturated heterocycles. The summed E-state index contributed by atoms with van der Waals surface area (Å²) in [6, 6.07) is 9.99. The highest BCUT2D eigenvalue weighted by atomic mass is 35.5. The molecule has 20 heavy (non-hydrogen) atoms. The van der Waals surface area contributed by atoms with Crippen molar-refractivity contribution in [2.24, 2.45) is 0 Å². The smallest absolute Gasteiger partial charge is 0.163 e. The molecule has 0 N–H and O–H groups in total. The maximum atomic E-state index is 13.0. The zero-order chi connectivity index (χ0) is 14.1. The van der Waals surface area contributed by atoms with Crippen LogP contribution in [0, 0.1) is 5.82 Å². The van der Waals surface area contributed by atoms with Gasteiger partial charge in [-0.15, -0.1) is 0 Å². The largest absolute Gasteiger partial charge is 0.489 e. The average molecular weight is 291 g/mol. The Hall–Kier alpha value is -1.87. The van der Waals surface area contributed by atoms with Gasteiger partial charge in [0, 0.05) is 12.0 Å².